The second-order valence-corrected chi connectivity index (χ2v) is 5.42. The van der Waals surface area contributed by atoms with Gasteiger partial charge in [0.1, 0.15) is 11.6 Å². The molecule has 0 aliphatic heterocycles. The molecule has 0 radical (unpaired) electrons. The molecule has 116 valence electrons. The number of hydrogen-bond donors (Lipinski definition) is 2. The van der Waals surface area contributed by atoms with Crippen molar-refractivity contribution in [3.05, 3.63) is 53.7 Å². The third kappa shape index (κ3) is 2.50. The number of rotatable bonds is 4. The Bertz CT molecular complexity index is 987. The van der Waals surface area contributed by atoms with Crippen molar-refractivity contribution in [1.82, 2.24) is 24.8 Å². The summed E-state index contributed by atoms with van der Waals surface area (Å²) in [4.78, 5) is 3.16. The van der Waals surface area contributed by atoms with Gasteiger partial charge < -0.3 is 10.3 Å². The molecule has 0 bridgehead atoms. The lowest BCUT2D eigenvalue weighted by Gasteiger charge is -2.05. The highest BCUT2D eigenvalue weighted by atomic mass is 19.1. The maximum atomic E-state index is 13.4. The Morgan fingerprint density at radius 1 is 1.22 bits per heavy atom. The van der Waals surface area contributed by atoms with Crippen LogP contribution in [0.2, 0.25) is 0 Å². The fourth-order valence-corrected chi connectivity index (χ4v) is 2.67. The molecule has 2 N–H and O–H groups in total. The van der Waals surface area contributed by atoms with Crippen LogP contribution in [0.25, 0.3) is 16.6 Å². The molecule has 0 atom stereocenters. The number of nitrogens with one attached hydrogen (secondary N) is 2. The molecule has 4 rings (SSSR count). The highest BCUT2D eigenvalue weighted by Crippen LogP contribution is 2.20. The van der Waals surface area contributed by atoms with Crippen LogP contribution in [0.4, 0.5) is 10.2 Å². The summed E-state index contributed by atoms with van der Waals surface area (Å²) in [5.41, 5.74) is 2.75. The summed E-state index contributed by atoms with van der Waals surface area (Å²) in [5.74, 6) is 1.28. The van der Waals surface area contributed by atoms with Crippen LogP contribution in [0, 0.1) is 12.7 Å². The monoisotopic (exact) mass is 310 g/mol. The van der Waals surface area contributed by atoms with Crippen LogP contribution >= 0.6 is 0 Å². The van der Waals surface area contributed by atoms with Gasteiger partial charge in [-0.3, -0.25) is 0 Å². The maximum Gasteiger partial charge on any atom is 0.178 e. The largest absolute Gasteiger partial charge is 0.368 e. The van der Waals surface area contributed by atoms with E-state index in [2.05, 4.69) is 25.6 Å². The van der Waals surface area contributed by atoms with Crippen molar-refractivity contribution in [1.29, 1.82) is 0 Å². The minimum atomic E-state index is -0.221. The minimum absolute atomic E-state index is 0.221. The smallest absolute Gasteiger partial charge is 0.178 e. The average molecular weight is 310 g/mol. The van der Waals surface area contributed by atoms with E-state index in [1.54, 1.807) is 16.6 Å². The number of aryl methyl sites for hydroxylation is 1. The van der Waals surface area contributed by atoms with Gasteiger partial charge in [0.25, 0.3) is 0 Å². The first-order valence-corrected chi connectivity index (χ1v) is 7.39. The highest BCUT2D eigenvalue weighted by Gasteiger charge is 2.06. The fraction of sp³-hybridized carbons (Fsp3) is 0.188. The van der Waals surface area contributed by atoms with E-state index in [4.69, 9.17) is 0 Å². The first-order chi connectivity index (χ1) is 11.2. The van der Waals surface area contributed by atoms with Gasteiger partial charge in [0.2, 0.25) is 0 Å². The van der Waals surface area contributed by atoms with Crippen LogP contribution in [0.1, 0.15) is 11.4 Å². The molecule has 4 aromatic rings. The van der Waals surface area contributed by atoms with Gasteiger partial charge in [0, 0.05) is 23.6 Å². The molecule has 0 aliphatic rings. The topological polar surface area (TPSA) is 70.9 Å². The third-order valence-corrected chi connectivity index (χ3v) is 3.85. The van der Waals surface area contributed by atoms with E-state index >= 15 is 0 Å². The average Bonchev–Trinajstić information content (AvgIpc) is 3.12. The summed E-state index contributed by atoms with van der Waals surface area (Å²) in [6.07, 6.45) is 2.69. The summed E-state index contributed by atoms with van der Waals surface area (Å²) in [5, 5.41) is 16.6. The normalized spacial score (nSPS) is 11.4. The molecule has 0 fully saturated rings. The van der Waals surface area contributed by atoms with Crippen molar-refractivity contribution in [2.24, 2.45) is 0 Å². The van der Waals surface area contributed by atoms with Gasteiger partial charge in [0.05, 0.1) is 0 Å². The molecule has 0 spiro atoms. The zero-order valence-electron chi connectivity index (χ0n) is 12.5. The lowest BCUT2D eigenvalue weighted by atomic mass is 10.1. The van der Waals surface area contributed by atoms with Crippen LogP contribution in [0.5, 0.6) is 0 Å². The van der Waals surface area contributed by atoms with Gasteiger partial charge in [-0.1, -0.05) is 0 Å². The van der Waals surface area contributed by atoms with E-state index in [-0.39, 0.29) is 5.82 Å². The van der Waals surface area contributed by atoms with Crippen molar-refractivity contribution < 1.29 is 4.39 Å². The second-order valence-electron chi connectivity index (χ2n) is 5.42. The van der Waals surface area contributed by atoms with E-state index in [9.17, 15) is 4.39 Å². The van der Waals surface area contributed by atoms with Gasteiger partial charge in [0.15, 0.2) is 11.5 Å². The van der Waals surface area contributed by atoms with Crippen molar-refractivity contribution in [3.63, 3.8) is 0 Å². The molecule has 0 aliphatic carbocycles. The first kappa shape index (κ1) is 13.7. The highest BCUT2D eigenvalue weighted by molar-refractivity contribution is 5.83. The maximum absolute atomic E-state index is 13.4. The number of fused-ring (bicyclic) bond motifs is 2. The second kappa shape index (κ2) is 5.35. The van der Waals surface area contributed by atoms with Crippen molar-refractivity contribution in [2.45, 2.75) is 13.3 Å². The van der Waals surface area contributed by atoms with Crippen molar-refractivity contribution in [2.75, 3.05) is 11.9 Å². The predicted octanol–water partition coefficient (Wildman–Crippen LogP) is 2.71. The summed E-state index contributed by atoms with van der Waals surface area (Å²) in [6.45, 7) is 2.56. The Balaban J connectivity index is 1.49. The molecule has 0 unspecified atom stereocenters. The van der Waals surface area contributed by atoms with Gasteiger partial charge in [-0.25, -0.2) is 4.39 Å². The van der Waals surface area contributed by atoms with Gasteiger partial charge in [-0.15, -0.1) is 15.3 Å². The Kier molecular flexibility index (Phi) is 3.18. The van der Waals surface area contributed by atoms with Gasteiger partial charge >= 0.3 is 0 Å². The molecule has 3 heterocycles. The fourth-order valence-electron chi connectivity index (χ4n) is 2.67. The zero-order valence-corrected chi connectivity index (χ0v) is 12.5. The van der Waals surface area contributed by atoms with Crippen molar-refractivity contribution >= 4 is 22.4 Å². The number of benzene rings is 1. The summed E-state index contributed by atoms with van der Waals surface area (Å²) in [6, 6.07) is 8.52. The van der Waals surface area contributed by atoms with E-state index < -0.39 is 0 Å². The van der Waals surface area contributed by atoms with Crippen LogP contribution in [-0.2, 0) is 6.42 Å². The number of aromatic nitrogens is 5. The van der Waals surface area contributed by atoms with Gasteiger partial charge in [-0.05, 0) is 49.2 Å². The first-order valence-electron chi connectivity index (χ1n) is 7.39. The predicted molar refractivity (Wildman–Crippen MR) is 86.0 cm³/mol. The molecule has 7 heteroatoms. The Hall–Kier alpha value is -2.96. The quantitative estimate of drug-likeness (QED) is 0.608. The number of halogens is 1. The number of nitrogens with zero attached hydrogens (tertiary/aromatic N) is 4. The van der Waals surface area contributed by atoms with Gasteiger partial charge in [-0.2, -0.15) is 4.52 Å². The van der Waals surface area contributed by atoms with Crippen LogP contribution in [-0.4, -0.2) is 31.3 Å². The summed E-state index contributed by atoms with van der Waals surface area (Å²) < 4.78 is 15.1. The van der Waals surface area contributed by atoms with E-state index in [0.717, 1.165) is 40.2 Å². The third-order valence-electron chi connectivity index (χ3n) is 3.85. The standard InChI is InChI=1S/C16H15FN6/c1-10-20-21-16-5-4-15(22-23(10)16)18-7-6-11-9-19-14-3-2-12(17)8-13(11)14/h2-5,8-9,19H,6-7H2,1H3,(H,18,22). The molecule has 6 nitrogen and oxygen atoms in total. The van der Waals surface area contributed by atoms with E-state index in [1.807, 2.05) is 25.3 Å². The van der Waals surface area contributed by atoms with Crippen LogP contribution < -0.4 is 5.32 Å². The van der Waals surface area contributed by atoms with E-state index in [1.165, 1.54) is 6.07 Å². The number of H-pyrrole nitrogens is 1. The Labute approximate surface area is 131 Å². The molecular weight excluding hydrogens is 295 g/mol. The SMILES string of the molecule is Cc1nnc2ccc(NCCc3c[nH]c4ccc(F)cc34)nn12. The molecule has 3 aromatic heterocycles. The van der Waals surface area contributed by atoms with Crippen LogP contribution in [0.15, 0.2) is 36.5 Å². The van der Waals surface area contributed by atoms with Crippen LogP contribution in [0.3, 0.4) is 0 Å². The molecular formula is C16H15FN6. The number of hydrogen-bond acceptors (Lipinski definition) is 4. The molecule has 1 aromatic carbocycles. The van der Waals surface area contributed by atoms with Crippen molar-refractivity contribution in [3.8, 4) is 0 Å². The molecule has 23 heavy (non-hydrogen) atoms. The summed E-state index contributed by atoms with van der Waals surface area (Å²) in [7, 11) is 0. The molecule has 0 saturated heterocycles. The molecule has 0 amide bonds. The number of anilines is 1. The lowest BCUT2D eigenvalue weighted by molar-refractivity contribution is 0.629. The molecule has 0 saturated carbocycles. The summed E-state index contributed by atoms with van der Waals surface area (Å²) >= 11 is 0. The Morgan fingerprint density at radius 3 is 3.04 bits per heavy atom. The minimum Gasteiger partial charge on any atom is -0.368 e. The zero-order chi connectivity index (χ0) is 15.8. The number of aromatic amines is 1. The van der Waals surface area contributed by atoms with E-state index in [0.29, 0.717) is 6.54 Å². The lowest BCUT2D eigenvalue weighted by Crippen LogP contribution is -2.08. The Morgan fingerprint density at radius 2 is 2.13 bits per heavy atom.